The molecule has 0 atom stereocenters. The van der Waals surface area contributed by atoms with Crippen LogP contribution < -0.4 is 5.73 Å². The SMILES string of the molecule is C=C/C=C(\[CH]=[W])c1cc(C(=O)OCC)c(N)s1. The van der Waals surface area contributed by atoms with Crippen LogP contribution in [0.15, 0.2) is 24.8 Å². The maximum atomic E-state index is 11.6. The van der Waals surface area contributed by atoms with Gasteiger partial charge in [-0.25, -0.2) is 0 Å². The zero-order valence-electron chi connectivity index (χ0n) is 9.43. The Balaban J connectivity index is 3.10. The number of hydrogen-bond acceptors (Lipinski definition) is 4. The van der Waals surface area contributed by atoms with Crippen LogP contribution in [0.3, 0.4) is 0 Å². The molecule has 1 rings (SSSR count). The number of nitrogen functional groups attached to an aromatic ring is 1. The van der Waals surface area contributed by atoms with E-state index in [4.69, 9.17) is 10.5 Å². The number of esters is 1. The number of nitrogens with two attached hydrogens (primary N) is 1. The first kappa shape index (κ1) is 14.1. The minimum absolute atomic E-state index is 0.350. The molecule has 0 aliphatic rings. The number of carbonyl (C=O) groups excluding carboxylic acids is 1. The van der Waals surface area contributed by atoms with Crippen molar-refractivity contribution in [1.82, 2.24) is 0 Å². The van der Waals surface area contributed by atoms with E-state index >= 15 is 0 Å². The summed E-state index contributed by atoms with van der Waals surface area (Å²) in [5.41, 5.74) is 7.29. The molecule has 3 nitrogen and oxygen atoms in total. The Morgan fingerprint density at radius 1 is 1.71 bits per heavy atom. The fourth-order valence-electron chi connectivity index (χ4n) is 1.22. The Morgan fingerprint density at radius 2 is 2.41 bits per heavy atom. The van der Waals surface area contributed by atoms with Crippen molar-refractivity contribution in [3.8, 4) is 0 Å². The third kappa shape index (κ3) is 3.48. The van der Waals surface area contributed by atoms with Gasteiger partial charge >= 0.3 is 116 Å². The quantitative estimate of drug-likeness (QED) is 0.590. The van der Waals surface area contributed by atoms with E-state index in [0.717, 1.165) is 10.5 Å². The van der Waals surface area contributed by atoms with Gasteiger partial charge in [-0.1, -0.05) is 0 Å². The molecule has 0 radical (unpaired) electrons. The third-order valence-electron chi connectivity index (χ3n) is 1.97. The summed E-state index contributed by atoms with van der Waals surface area (Å²) in [6.07, 6.45) is 3.61. The first-order valence-corrected chi connectivity index (χ1v) is 7.49. The normalized spacial score (nSPS) is 11.0. The molecule has 0 amide bonds. The van der Waals surface area contributed by atoms with Crippen LogP contribution in [0.2, 0.25) is 0 Å². The average Bonchev–Trinajstić information content (AvgIpc) is 2.68. The van der Waals surface area contributed by atoms with Gasteiger partial charge in [0.05, 0.1) is 0 Å². The Kier molecular flexibility index (Phi) is 5.52. The van der Waals surface area contributed by atoms with Crippen LogP contribution in [0.4, 0.5) is 5.00 Å². The first-order chi connectivity index (χ1) is 8.13. The van der Waals surface area contributed by atoms with Gasteiger partial charge in [0, 0.05) is 0 Å². The molecule has 0 bridgehead atoms. The molecule has 2 N–H and O–H groups in total. The molecular formula is C12H13NO2SW. The van der Waals surface area contributed by atoms with E-state index in [0.29, 0.717) is 17.2 Å². The number of hydrogen-bond donors (Lipinski definition) is 1. The Hall–Kier alpha value is -0.992. The molecule has 90 valence electrons. The fraction of sp³-hybridized carbons (Fsp3) is 0.167. The van der Waals surface area contributed by atoms with Crippen LogP contribution in [0, 0.1) is 0 Å². The summed E-state index contributed by atoms with van der Waals surface area (Å²) in [7, 11) is 0. The van der Waals surface area contributed by atoms with Crippen LogP contribution in [-0.4, -0.2) is 17.0 Å². The molecule has 0 fully saturated rings. The number of rotatable bonds is 5. The summed E-state index contributed by atoms with van der Waals surface area (Å²) in [5, 5.41) is 0.491. The molecule has 0 saturated carbocycles. The molecule has 5 heteroatoms. The summed E-state index contributed by atoms with van der Waals surface area (Å²) in [6, 6.07) is 1.77. The van der Waals surface area contributed by atoms with E-state index in [1.54, 1.807) is 19.1 Å². The van der Waals surface area contributed by atoms with Gasteiger partial charge < -0.3 is 0 Å². The summed E-state index contributed by atoms with van der Waals surface area (Å²) in [4.78, 5) is 12.6. The van der Waals surface area contributed by atoms with E-state index in [9.17, 15) is 4.79 Å². The van der Waals surface area contributed by atoms with E-state index in [1.807, 2.05) is 10.5 Å². The average molecular weight is 419 g/mol. The standard InChI is InChI=1S/C12H13NO2S.W/c1-4-6-8(3)10-7-9(11(13)16-10)12(14)15-5-2;/h3-4,6-7H,1,5,13H2,2H3;/b8-6+;. The maximum absolute atomic E-state index is 11.6. The summed E-state index contributed by atoms with van der Waals surface area (Å²) in [6.45, 7) is 5.78. The zero-order chi connectivity index (χ0) is 12.8. The summed E-state index contributed by atoms with van der Waals surface area (Å²) in [5.74, 6) is -0.367. The number of thiophene rings is 1. The molecule has 0 aliphatic heterocycles. The topological polar surface area (TPSA) is 52.3 Å². The van der Waals surface area contributed by atoms with Gasteiger partial charge in [-0.3, -0.25) is 0 Å². The van der Waals surface area contributed by atoms with Gasteiger partial charge in [0.25, 0.3) is 0 Å². The van der Waals surface area contributed by atoms with Crippen LogP contribution >= 0.6 is 11.3 Å². The van der Waals surface area contributed by atoms with Gasteiger partial charge in [-0.15, -0.1) is 0 Å². The van der Waals surface area contributed by atoms with Gasteiger partial charge in [0.2, 0.25) is 0 Å². The van der Waals surface area contributed by atoms with Crippen LogP contribution in [0.25, 0.3) is 5.57 Å². The number of allylic oxidation sites excluding steroid dienone is 3. The number of ether oxygens (including phenoxy) is 1. The van der Waals surface area contributed by atoms with Crippen molar-refractivity contribution in [2.24, 2.45) is 0 Å². The predicted octanol–water partition coefficient (Wildman–Crippen LogP) is 2.43. The van der Waals surface area contributed by atoms with E-state index < -0.39 is 0 Å². The predicted molar refractivity (Wildman–Crippen MR) is 68.9 cm³/mol. The van der Waals surface area contributed by atoms with Crippen molar-refractivity contribution in [2.75, 3.05) is 12.3 Å². The Morgan fingerprint density at radius 3 is 2.94 bits per heavy atom. The Labute approximate surface area is 115 Å². The molecule has 0 spiro atoms. The Bertz CT molecular complexity index is 477. The molecule has 1 heterocycles. The molecule has 1 aromatic rings. The summed E-state index contributed by atoms with van der Waals surface area (Å²) < 4.78 is 6.97. The van der Waals surface area contributed by atoms with Crippen molar-refractivity contribution in [3.63, 3.8) is 0 Å². The first-order valence-electron chi connectivity index (χ1n) is 4.98. The molecule has 0 saturated heterocycles. The minimum atomic E-state index is -0.367. The van der Waals surface area contributed by atoms with E-state index in [-0.39, 0.29) is 5.97 Å². The van der Waals surface area contributed by atoms with Crippen molar-refractivity contribution < 1.29 is 28.9 Å². The second-order valence-corrected chi connectivity index (χ2v) is 5.02. The zero-order valence-corrected chi connectivity index (χ0v) is 13.2. The van der Waals surface area contributed by atoms with Gasteiger partial charge in [0.1, 0.15) is 0 Å². The van der Waals surface area contributed by atoms with Crippen molar-refractivity contribution in [1.29, 1.82) is 0 Å². The third-order valence-corrected chi connectivity index (χ3v) is 3.89. The van der Waals surface area contributed by atoms with Crippen molar-refractivity contribution >= 4 is 32.3 Å². The molecule has 0 aromatic carbocycles. The fourth-order valence-corrected chi connectivity index (χ4v) is 3.17. The van der Waals surface area contributed by atoms with Crippen molar-refractivity contribution in [2.45, 2.75) is 6.92 Å². The molecule has 17 heavy (non-hydrogen) atoms. The van der Waals surface area contributed by atoms with Gasteiger partial charge in [-0.2, -0.15) is 0 Å². The number of carbonyl (C=O) groups is 1. The van der Waals surface area contributed by atoms with E-state index in [2.05, 4.69) is 6.58 Å². The van der Waals surface area contributed by atoms with Crippen molar-refractivity contribution in [3.05, 3.63) is 35.2 Å². The second kappa shape index (κ2) is 6.67. The summed E-state index contributed by atoms with van der Waals surface area (Å²) >= 11 is 2.72. The van der Waals surface area contributed by atoms with Gasteiger partial charge in [-0.05, 0) is 0 Å². The van der Waals surface area contributed by atoms with Crippen LogP contribution in [-0.2, 0) is 24.1 Å². The number of anilines is 1. The molecular weight excluding hydrogens is 406 g/mol. The monoisotopic (exact) mass is 419 g/mol. The van der Waals surface area contributed by atoms with Gasteiger partial charge in [0.15, 0.2) is 0 Å². The molecule has 0 aliphatic carbocycles. The molecule has 0 unspecified atom stereocenters. The van der Waals surface area contributed by atoms with Crippen LogP contribution in [0.1, 0.15) is 22.2 Å². The second-order valence-electron chi connectivity index (χ2n) is 3.08. The van der Waals surface area contributed by atoms with Crippen LogP contribution in [0.5, 0.6) is 0 Å². The van der Waals surface area contributed by atoms with E-state index in [1.165, 1.54) is 30.7 Å². The molecule has 1 aromatic heterocycles.